The third kappa shape index (κ3) is 4.32. The lowest BCUT2D eigenvalue weighted by Gasteiger charge is -2.23. The molecule has 176 valence electrons. The van der Waals surface area contributed by atoms with E-state index in [1.807, 2.05) is 24.8 Å². The Morgan fingerprint density at radius 3 is 2.68 bits per heavy atom. The van der Waals surface area contributed by atoms with Crippen molar-refractivity contribution < 1.29 is 14.0 Å². The second-order valence-electron chi connectivity index (χ2n) is 9.76. The summed E-state index contributed by atoms with van der Waals surface area (Å²) < 4.78 is 15.8. The molecule has 1 atom stereocenters. The highest BCUT2D eigenvalue weighted by Gasteiger charge is 2.52. The van der Waals surface area contributed by atoms with Crippen LogP contribution in [0.25, 0.3) is 5.69 Å². The number of aromatic nitrogens is 3. The summed E-state index contributed by atoms with van der Waals surface area (Å²) in [6.07, 6.45) is 6.56. The Morgan fingerprint density at radius 2 is 1.97 bits per heavy atom. The molecule has 1 N–H and O–H groups in total. The first-order valence-corrected chi connectivity index (χ1v) is 11.6. The summed E-state index contributed by atoms with van der Waals surface area (Å²) >= 11 is 0. The average Bonchev–Trinajstić information content (AvgIpc) is 3.46. The number of benzene rings is 1. The van der Waals surface area contributed by atoms with Crippen LogP contribution in [0.15, 0.2) is 42.7 Å². The SMILES string of the molecule is Cc1cnn(-c2cc(F)cc(CC(=O)Nc3cc(N4CC[C@@](C)(C5CC5)C4=O)cc(C)n3)c2)c1. The van der Waals surface area contributed by atoms with E-state index in [2.05, 4.69) is 22.3 Å². The minimum absolute atomic E-state index is 0.0155. The standard InChI is InChI=1S/C26H28FN5O2/c1-16-14-28-32(15-16)22-10-18(9-20(27)12-22)11-24(33)30-23-13-21(8-17(2)29-23)31-7-6-26(3,25(31)34)19-4-5-19/h8-10,12-15,19H,4-7,11H2,1-3H3,(H,29,30,33)/t26-/m0/s1. The lowest BCUT2D eigenvalue weighted by atomic mass is 9.83. The van der Waals surface area contributed by atoms with Gasteiger partial charge in [0, 0.05) is 30.2 Å². The van der Waals surface area contributed by atoms with Gasteiger partial charge in [0.15, 0.2) is 0 Å². The van der Waals surface area contributed by atoms with Crippen LogP contribution >= 0.6 is 0 Å². The summed E-state index contributed by atoms with van der Waals surface area (Å²) in [6, 6.07) is 8.08. The fourth-order valence-corrected chi connectivity index (χ4v) is 4.87. The fourth-order valence-electron chi connectivity index (χ4n) is 4.87. The Morgan fingerprint density at radius 1 is 1.18 bits per heavy atom. The van der Waals surface area contributed by atoms with E-state index in [1.54, 1.807) is 29.2 Å². The number of amides is 2. The minimum Gasteiger partial charge on any atom is -0.312 e. The van der Waals surface area contributed by atoms with E-state index in [1.165, 1.54) is 12.1 Å². The van der Waals surface area contributed by atoms with Crippen molar-refractivity contribution >= 4 is 23.3 Å². The Balaban J connectivity index is 1.31. The van der Waals surface area contributed by atoms with Crippen LogP contribution in [0.2, 0.25) is 0 Å². The normalized spacial score (nSPS) is 20.1. The largest absolute Gasteiger partial charge is 0.312 e. The number of aryl methyl sites for hydroxylation is 2. The van der Waals surface area contributed by atoms with Crippen LogP contribution in [0.1, 0.15) is 43.0 Å². The van der Waals surface area contributed by atoms with E-state index >= 15 is 0 Å². The van der Waals surface area contributed by atoms with Gasteiger partial charge in [0.2, 0.25) is 11.8 Å². The summed E-state index contributed by atoms with van der Waals surface area (Å²) in [5, 5.41) is 7.03. The highest BCUT2D eigenvalue weighted by atomic mass is 19.1. The van der Waals surface area contributed by atoms with Gasteiger partial charge in [0.25, 0.3) is 0 Å². The molecule has 3 heterocycles. The maximum atomic E-state index is 14.2. The van der Waals surface area contributed by atoms with E-state index in [0.717, 1.165) is 30.5 Å². The predicted octanol–water partition coefficient (Wildman–Crippen LogP) is 4.36. The summed E-state index contributed by atoms with van der Waals surface area (Å²) in [7, 11) is 0. The summed E-state index contributed by atoms with van der Waals surface area (Å²) in [5.74, 6) is 0.267. The number of pyridine rings is 1. The molecule has 5 rings (SSSR count). The van der Waals surface area contributed by atoms with E-state index in [0.29, 0.717) is 35.2 Å². The molecular formula is C26H28FN5O2. The van der Waals surface area contributed by atoms with Crippen LogP contribution in [0.3, 0.4) is 0 Å². The highest BCUT2D eigenvalue weighted by molar-refractivity contribution is 6.01. The smallest absolute Gasteiger partial charge is 0.233 e. The number of nitrogens with zero attached hydrogens (tertiary/aromatic N) is 4. The van der Waals surface area contributed by atoms with Crippen molar-refractivity contribution in [3.05, 3.63) is 65.4 Å². The van der Waals surface area contributed by atoms with Crippen molar-refractivity contribution in [1.29, 1.82) is 0 Å². The van der Waals surface area contributed by atoms with Crippen molar-refractivity contribution in [1.82, 2.24) is 14.8 Å². The average molecular weight is 462 g/mol. The van der Waals surface area contributed by atoms with E-state index < -0.39 is 5.82 Å². The molecule has 0 spiro atoms. The first-order chi connectivity index (χ1) is 16.2. The van der Waals surface area contributed by atoms with Crippen LogP contribution in [-0.4, -0.2) is 33.1 Å². The zero-order valence-electron chi connectivity index (χ0n) is 19.6. The molecule has 0 radical (unpaired) electrons. The molecule has 1 aromatic carbocycles. The second kappa shape index (κ2) is 8.34. The van der Waals surface area contributed by atoms with Gasteiger partial charge in [-0.2, -0.15) is 5.10 Å². The maximum absolute atomic E-state index is 14.2. The van der Waals surface area contributed by atoms with Crippen molar-refractivity contribution in [3.8, 4) is 5.69 Å². The number of nitrogens with one attached hydrogen (secondary N) is 1. The number of hydrogen-bond acceptors (Lipinski definition) is 4. The molecule has 7 nitrogen and oxygen atoms in total. The highest BCUT2D eigenvalue weighted by Crippen LogP contribution is 2.52. The van der Waals surface area contributed by atoms with Crippen LogP contribution < -0.4 is 10.2 Å². The molecule has 2 fully saturated rings. The summed E-state index contributed by atoms with van der Waals surface area (Å²) in [4.78, 5) is 32.2. The Bertz CT molecular complexity index is 1280. The fraction of sp³-hybridized carbons (Fsp3) is 0.385. The van der Waals surface area contributed by atoms with E-state index in [4.69, 9.17) is 0 Å². The van der Waals surface area contributed by atoms with Gasteiger partial charge in [-0.1, -0.05) is 6.92 Å². The molecule has 2 amide bonds. The topological polar surface area (TPSA) is 80.1 Å². The molecule has 1 aliphatic heterocycles. The van der Waals surface area contributed by atoms with Gasteiger partial charge < -0.3 is 10.2 Å². The second-order valence-corrected chi connectivity index (χ2v) is 9.76. The van der Waals surface area contributed by atoms with Gasteiger partial charge in [-0.15, -0.1) is 0 Å². The zero-order valence-corrected chi connectivity index (χ0v) is 19.6. The van der Waals surface area contributed by atoms with Crippen molar-refractivity contribution in [2.24, 2.45) is 11.3 Å². The maximum Gasteiger partial charge on any atom is 0.233 e. The van der Waals surface area contributed by atoms with Crippen LogP contribution in [0, 0.1) is 31.0 Å². The first-order valence-electron chi connectivity index (χ1n) is 11.6. The first kappa shape index (κ1) is 22.3. The number of halogens is 1. The van der Waals surface area contributed by atoms with Crippen LogP contribution in [0.4, 0.5) is 15.9 Å². The number of anilines is 2. The van der Waals surface area contributed by atoms with Crippen molar-refractivity contribution in [2.45, 2.75) is 46.5 Å². The molecule has 1 aliphatic carbocycles. The Kier molecular flexibility index (Phi) is 5.46. The third-order valence-electron chi connectivity index (χ3n) is 6.87. The van der Waals surface area contributed by atoms with Gasteiger partial charge in [0.1, 0.15) is 11.6 Å². The Hall–Kier alpha value is -3.55. The lowest BCUT2D eigenvalue weighted by Crippen LogP contribution is -2.34. The predicted molar refractivity (Wildman–Crippen MR) is 127 cm³/mol. The molecule has 2 aliphatic rings. The molecule has 1 saturated carbocycles. The molecule has 3 aromatic rings. The van der Waals surface area contributed by atoms with Gasteiger partial charge in [0.05, 0.1) is 23.7 Å². The number of carbonyl (C=O) groups excluding carboxylic acids is 2. The zero-order chi connectivity index (χ0) is 24.0. The van der Waals surface area contributed by atoms with E-state index in [-0.39, 0.29) is 23.7 Å². The van der Waals surface area contributed by atoms with Crippen LogP contribution in [0.5, 0.6) is 0 Å². The lowest BCUT2D eigenvalue weighted by molar-refractivity contribution is -0.125. The van der Waals surface area contributed by atoms with Gasteiger partial charge >= 0.3 is 0 Å². The molecule has 1 saturated heterocycles. The number of rotatable bonds is 6. The molecule has 34 heavy (non-hydrogen) atoms. The number of hydrogen-bond donors (Lipinski definition) is 1. The third-order valence-corrected chi connectivity index (χ3v) is 6.87. The summed E-state index contributed by atoms with van der Waals surface area (Å²) in [6.45, 7) is 6.48. The van der Waals surface area contributed by atoms with Crippen LogP contribution in [-0.2, 0) is 16.0 Å². The van der Waals surface area contributed by atoms with E-state index in [9.17, 15) is 14.0 Å². The quantitative estimate of drug-likeness (QED) is 0.592. The summed E-state index contributed by atoms with van der Waals surface area (Å²) in [5.41, 5.74) is 3.21. The monoisotopic (exact) mass is 461 g/mol. The van der Waals surface area contributed by atoms with Crippen molar-refractivity contribution in [2.75, 3.05) is 16.8 Å². The molecular weight excluding hydrogens is 433 g/mol. The minimum atomic E-state index is -0.435. The Labute approximate surface area is 198 Å². The van der Waals surface area contributed by atoms with Gasteiger partial charge in [-0.3, -0.25) is 9.59 Å². The van der Waals surface area contributed by atoms with Gasteiger partial charge in [-0.25, -0.2) is 14.1 Å². The molecule has 8 heteroatoms. The molecule has 0 bridgehead atoms. The molecule has 2 aromatic heterocycles. The van der Waals surface area contributed by atoms with Gasteiger partial charge in [-0.05, 0) is 74.4 Å². The van der Waals surface area contributed by atoms with Crippen molar-refractivity contribution in [3.63, 3.8) is 0 Å². The molecule has 0 unspecified atom stereocenters. The number of carbonyl (C=O) groups is 2.